The number of hydrogen-bond donors (Lipinski definition) is 0. The van der Waals surface area contributed by atoms with Gasteiger partial charge in [-0.25, -0.2) is 0 Å². The molecule has 0 radical (unpaired) electrons. The van der Waals surface area contributed by atoms with Gasteiger partial charge in [0.25, 0.3) is 5.91 Å². The molecule has 1 aromatic rings. The van der Waals surface area contributed by atoms with Gasteiger partial charge >= 0.3 is 0 Å². The van der Waals surface area contributed by atoms with Gasteiger partial charge in [-0.1, -0.05) is 11.6 Å². The van der Waals surface area contributed by atoms with Gasteiger partial charge in [-0.15, -0.1) is 0 Å². The molecule has 2 heterocycles. The summed E-state index contributed by atoms with van der Waals surface area (Å²) in [6, 6.07) is 6.90. The van der Waals surface area contributed by atoms with Gasteiger partial charge in [-0.05, 0) is 37.1 Å². The highest BCUT2D eigenvalue weighted by molar-refractivity contribution is 6.30. The van der Waals surface area contributed by atoms with Crippen LogP contribution in [0.1, 0.15) is 19.3 Å². The second-order valence-electron chi connectivity index (χ2n) is 6.96. The Labute approximate surface area is 170 Å². The zero-order valence-electron chi connectivity index (χ0n) is 16.0. The Kier molecular flexibility index (Phi) is 7.94. The van der Waals surface area contributed by atoms with E-state index in [1.807, 2.05) is 0 Å². The summed E-state index contributed by atoms with van der Waals surface area (Å²) in [5, 5.41) is 0.622. The van der Waals surface area contributed by atoms with E-state index in [0.29, 0.717) is 56.6 Å². The summed E-state index contributed by atoms with van der Waals surface area (Å²) in [4.78, 5) is 28.1. The summed E-state index contributed by atoms with van der Waals surface area (Å²) < 4.78 is 16.5. The van der Waals surface area contributed by atoms with Gasteiger partial charge in [0, 0.05) is 37.8 Å². The van der Waals surface area contributed by atoms with Crippen LogP contribution in [-0.4, -0.2) is 80.3 Å². The summed E-state index contributed by atoms with van der Waals surface area (Å²) in [6.45, 7) is 3.87. The van der Waals surface area contributed by atoms with Crippen molar-refractivity contribution < 1.29 is 23.8 Å². The van der Waals surface area contributed by atoms with Gasteiger partial charge < -0.3 is 24.0 Å². The molecule has 0 saturated carbocycles. The van der Waals surface area contributed by atoms with Crippen molar-refractivity contribution in [3.63, 3.8) is 0 Å². The lowest BCUT2D eigenvalue weighted by atomic mass is 10.2. The first-order chi connectivity index (χ1) is 13.6. The van der Waals surface area contributed by atoms with E-state index in [1.54, 1.807) is 34.1 Å². The number of carbonyl (C=O) groups excluding carboxylic acids is 2. The average Bonchev–Trinajstić information content (AvgIpc) is 3.24. The average molecular weight is 411 g/mol. The second-order valence-corrected chi connectivity index (χ2v) is 7.40. The van der Waals surface area contributed by atoms with Crippen molar-refractivity contribution in [1.29, 1.82) is 0 Å². The Balaban J connectivity index is 1.30. The molecule has 2 fully saturated rings. The van der Waals surface area contributed by atoms with Crippen LogP contribution < -0.4 is 4.74 Å². The molecule has 0 aliphatic carbocycles. The van der Waals surface area contributed by atoms with E-state index >= 15 is 0 Å². The van der Waals surface area contributed by atoms with E-state index in [1.165, 1.54) is 0 Å². The largest absolute Gasteiger partial charge is 0.484 e. The monoisotopic (exact) mass is 410 g/mol. The third kappa shape index (κ3) is 6.36. The molecule has 2 amide bonds. The van der Waals surface area contributed by atoms with E-state index in [4.69, 9.17) is 25.8 Å². The van der Waals surface area contributed by atoms with Crippen LogP contribution in [0.5, 0.6) is 5.75 Å². The molecule has 0 bridgehead atoms. The SMILES string of the molecule is O=C(CCOCC1CCCO1)N1CCN(C(=O)COc2ccc(Cl)cc2)CC1. The number of carbonyl (C=O) groups is 2. The summed E-state index contributed by atoms with van der Waals surface area (Å²) in [5.41, 5.74) is 0. The topological polar surface area (TPSA) is 68.3 Å². The highest BCUT2D eigenvalue weighted by atomic mass is 35.5. The van der Waals surface area contributed by atoms with E-state index in [-0.39, 0.29) is 24.5 Å². The molecule has 28 heavy (non-hydrogen) atoms. The molecular weight excluding hydrogens is 384 g/mol. The van der Waals surface area contributed by atoms with Crippen molar-refractivity contribution in [3.8, 4) is 5.75 Å². The van der Waals surface area contributed by atoms with Crippen LogP contribution in [0, 0.1) is 0 Å². The molecule has 0 N–H and O–H groups in total. The maximum absolute atomic E-state index is 12.3. The lowest BCUT2D eigenvalue weighted by Gasteiger charge is -2.34. The number of halogens is 1. The molecule has 2 saturated heterocycles. The minimum atomic E-state index is -0.0815. The van der Waals surface area contributed by atoms with Gasteiger partial charge in [-0.3, -0.25) is 9.59 Å². The Hall–Kier alpha value is -1.83. The predicted molar refractivity (Wildman–Crippen MR) is 105 cm³/mol. The lowest BCUT2D eigenvalue weighted by Crippen LogP contribution is -2.51. The quantitative estimate of drug-likeness (QED) is 0.613. The van der Waals surface area contributed by atoms with E-state index < -0.39 is 0 Å². The van der Waals surface area contributed by atoms with Gasteiger partial charge in [0.05, 0.1) is 25.7 Å². The number of nitrogens with zero attached hydrogens (tertiary/aromatic N) is 2. The molecule has 0 spiro atoms. The zero-order valence-corrected chi connectivity index (χ0v) is 16.7. The van der Waals surface area contributed by atoms with Crippen LogP contribution in [0.4, 0.5) is 0 Å². The van der Waals surface area contributed by atoms with Crippen LogP contribution >= 0.6 is 11.6 Å². The summed E-state index contributed by atoms with van der Waals surface area (Å²) in [5.74, 6) is 0.591. The first kappa shape index (κ1) is 20.9. The normalized spacial score (nSPS) is 19.7. The maximum atomic E-state index is 12.3. The van der Waals surface area contributed by atoms with Crippen LogP contribution in [0.25, 0.3) is 0 Å². The molecule has 3 rings (SSSR count). The molecule has 8 heteroatoms. The van der Waals surface area contributed by atoms with E-state index in [0.717, 1.165) is 19.4 Å². The Bertz CT molecular complexity index is 641. The standard InChI is InChI=1S/C20H27ClN2O5/c21-16-3-5-17(6-4-16)28-15-20(25)23-10-8-22(9-11-23)19(24)7-13-26-14-18-2-1-12-27-18/h3-6,18H,1-2,7-15H2. The van der Waals surface area contributed by atoms with Crippen molar-refractivity contribution in [2.24, 2.45) is 0 Å². The number of piperazine rings is 1. The van der Waals surface area contributed by atoms with E-state index in [9.17, 15) is 9.59 Å². The fourth-order valence-electron chi connectivity index (χ4n) is 3.28. The smallest absolute Gasteiger partial charge is 0.260 e. The van der Waals surface area contributed by atoms with Gasteiger partial charge in [0.1, 0.15) is 5.75 Å². The maximum Gasteiger partial charge on any atom is 0.260 e. The first-order valence-electron chi connectivity index (χ1n) is 9.75. The van der Waals surface area contributed by atoms with Crippen molar-refractivity contribution >= 4 is 23.4 Å². The zero-order chi connectivity index (χ0) is 19.8. The molecule has 1 aromatic carbocycles. The number of rotatable bonds is 8. The van der Waals surface area contributed by atoms with Crippen molar-refractivity contribution in [1.82, 2.24) is 9.80 Å². The molecular formula is C20H27ClN2O5. The number of hydrogen-bond acceptors (Lipinski definition) is 5. The second kappa shape index (κ2) is 10.6. The third-order valence-corrected chi connectivity index (χ3v) is 5.20. The molecule has 1 unspecified atom stereocenters. The Morgan fingerprint density at radius 2 is 1.75 bits per heavy atom. The molecule has 0 aromatic heterocycles. The van der Waals surface area contributed by atoms with Gasteiger partial charge in [0.2, 0.25) is 5.91 Å². The first-order valence-corrected chi connectivity index (χ1v) is 10.1. The summed E-state index contributed by atoms with van der Waals surface area (Å²) in [6.07, 6.45) is 2.66. The van der Waals surface area contributed by atoms with Crippen LogP contribution in [0.15, 0.2) is 24.3 Å². The van der Waals surface area contributed by atoms with Gasteiger partial charge in [0.15, 0.2) is 6.61 Å². The summed E-state index contributed by atoms with van der Waals surface area (Å²) in [7, 11) is 0. The minimum absolute atomic E-state index is 0.0212. The fraction of sp³-hybridized carbons (Fsp3) is 0.600. The highest BCUT2D eigenvalue weighted by Gasteiger charge is 2.24. The van der Waals surface area contributed by atoms with Crippen molar-refractivity contribution in [2.75, 3.05) is 52.6 Å². The molecule has 2 aliphatic heterocycles. The van der Waals surface area contributed by atoms with E-state index in [2.05, 4.69) is 0 Å². The Morgan fingerprint density at radius 3 is 2.39 bits per heavy atom. The van der Waals surface area contributed by atoms with Crippen LogP contribution in [0.2, 0.25) is 5.02 Å². The van der Waals surface area contributed by atoms with Crippen molar-refractivity contribution in [3.05, 3.63) is 29.3 Å². The highest BCUT2D eigenvalue weighted by Crippen LogP contribution is 2.16. The van der Waals surface area contributed by atoms with Crippen LogP contribution in [0.3, 0.4) is 0 Å². The van der Waals surface area contributed by atoms with Gasteiger partial charge in [-0.2, -0.15) is 0 Å². The predicted octanol–water partition coefficient (Wildman–Crippen LogP) is 1.98. The molecule has 7 nitrogen and oxygen atoms in total. The molecule has 1 atom stereocenters. The molecule has 154 valence electrons. The number of benzene rings is 1. The van der Waals surface area contributed by atoms with Crippen molar-refractivity contribution in [2.45, 2.75) is 25.4 Å². The minimum Gasteiger partial charge on any atom is -0.484 e. The third-order valence-electron chi connectivity index (χ3n) is 4.95. The number of ether oxygens (including phenoxy) is 3. The lowest BCUT2D eigenvalue weighted by molar-refractivity contribution is -0.141. The summed E-state index contributed by atoms with van der Waals surface area (Å²) >= 11 is 5.83. The molecule has 2 aliphatic rings. The Morgan fingerprint density at radius 1 is 1.07 bits per heavy atom. The fourth-order valence-corrected chi connectivity index (χ4v) is 3.41. The number of amides is 2. The van der Waals surface area contributed by atoms with Crippen LogP contribution in [-0.2, 0) is 19.1 Å².